The summed E-state index contributed by atoms with van der Waals surface area (Å²) in [6.45, 7) is 4.49. The van der Waals surface area contributed by atoms with E-state index in [0.717, 1.165) is 34.9 Å². The van der Waals surface area contributed by atoms with Gasteiger partial charge in [0.15, 0.2) is 11.5 Å². The highest BCUT2D eigenvalue weighted by molar-refractivity contribution is 6.12. The first-order valence-corrected chi connectivity index (χ1v) is 10.2. The largest absolute Gasteiger partial charge is 0.454 e. The molecule has 152 valence electrons. The Hall–Kier alpha value is -3.47. The Morgan fingerprint density at radius 3 is 2.63 bits per heavy atom. The molecule has 30 heavy (non-hydrogen) atoms. The van der Waals surface area contributed by atoms with E-state index in [2.05, 4.69) is 25.2 Å². The number of aryl methyl sites for hydroxylation is 1. The first-order valence-electron chi connectivity index (χ1n) is 10.2. The maximum absolute atomic E-state index is 13.5. The Balaban J connectivity index is 1.48. The van der Waals surface area contributed by atoms with Crippen molar-refractivity contribution in [1.82, 2.24) is 0 Å². The lowest BCUT2D eigenvalue weighted by atomic mass is 9.93. The summed E-state index contributed by atoms with van der Waals surface area (Å²) in [4.78, 5) is 15.4. The van der Waals surface area contributed by atoms with E-state index in [0.29, 0.717) is 5.56 Å². The molecule has 2 aliphatic rings. The van der Waals surface area contributed by atoms with Gasteiger partial charge in [0.05, 0.1) is 5.56 Å². The fraction of sp³-hybridized carbons (Fsp3) is 0.240. The minimum absolute atomic E-state index is 0.0238. The molecule has 0 fully saturated rings. The van der Waals surface area contributed by atoms with E-state index >= 15 is 0 Å². The van der Waals surface area contributed by atoms with Crippen molar-refractivity contribution in [2.24, 2.45) is 5.92 Å². The summed E-state index contributed by atoms with van der Waals surface area (Å²) < 4.78 is 11.0. The molecule has 3 aromatic carbocycles. The number of carbonyl (C=O) groups excluding carboxylic acids is 1. The van der Waals surface area contributed by atoms with Crippen molar-refractivity contribution in [2.75, 3.05) is 17.0 Å². The van der Waals surface area contributed by atoms with Crippen molar-refractivity contribution < 1.29 is 14.3 Å². The topological polar surface area (TPSA) is 50.8 Å². The standard InChI is InChI=1S/C25H24N2O3/c1-16-7-10-19(11-8-16)27-24(26-21-6-4-3-5-20(21)25(27)28)17(2)13-18-9-12-22-23(14-18)30-15-29-22/h3-12,14,17,24,26H,13,15H2,1-2H3/t17-,24-/m1/s1. The van der Waals surface area contributed by atoms with Crippen LogP contribution in [0.3, 0.4) is 0 Å². The second-order valence-corrected chi connectivity index (χ2v) is 8.01. The fourth-order valence-corrected chi connectivity index (χ4v) is 4.21. The average Bonchev–Trinajstić information content (AvgIpc) is 3.22. The Kier molecular flexibility index (Phi) is 4.58. The number of amides is 1. The average molecular weight is 400 g/mol. The predicted molar refractivity (Wildman–Crippen MR) is 117 cm³/mol. The molecule has 0 saturated carbocycles. The minimum atomic E-state index is -0.166. The van der Waals surface area contributed by atoms with E-state index in [-0.39, 0.29) is 24.8 Å². The molecule has 0 spiro atoms. The van der Waals surface area contributed by atoms with Crippen molar-refractivity contribution in [2.45, 2.75) is 26.4 Å². The van der Waals surface area contributed by atoms with Gasteiger partial charge in [0, 0.05) is 11.4 Å². The second-order valence-electron chi connectivity index (χ2n) is 8.01. The number of para-hydroxylation sites is 1. The highest BCUT2D eigenvalue weighted by Crippen LogP contribution is 2.36. The highest BCUT2D eigenvalue weighted by Gasteiger charge is 2.36. The number of nitrogens with one attached hydrogen (secondary N) is 1. The van der Waals surface area contributed by atoms with Crippen LogP contribution in [0.25, 0.3) is 0 Å². The van der Waals surface area contributed by atoms with Crippen LogP contribution in [0, 0.1) is 12.8 Å². The van der Waals surface area contributed by atoms with E-state index in [4.69, 9.17) is 9.47 Å². The summed E-state index contributed by atoms with van der Waals surface area (Å²) >= 11 is 0. The number of rotatable bonds is 4. The maximum atomic E-state index is 13.5. The lowest BCUT2D eigenvalue weighted by Gasteiger charge is -2.41. The summed E-state index contributed by atoms with van der Waals surface area (Å²) in [6.07, 6.45) is 0.632. The summed E-state index contributed by atoms with van der Waals surface area (Å²) in [5.74, 6) is 1.75. The van der Waals surface area contributed by atoms with Crippen LogP contribution in [0.2, 0.25) is 0 Å². The molecule has 5 heteroatoms. The third kappa shape index (κ3) is 3.26. The molecule has 0 saturated heterocycles. The molecule has 1 N–H and O–H groups in total. The lowest BCUT2D eigenvalue weighted by molar-refractivity contribution is 0.0967. The molecular weight excluding hydrogens is 376 g/mol. The van der Waals surface area contributed by atoms with E-state index in [1.807, 2.05) is 65.6 Å². The summed E-state index contributed by atoms with van der Waals surface area (Å²) in [5, 5.41) is 3.61. The SMILES string of the molecule is Cc1ccc(N2C(=O)c3ccccc3N[C@H]2[C@H](C)Cc2ccc3c(c2)OCO3)cc1. The number of nitrogens with zero attached hydrogens (tertiary/aromatic N) is 1. The van der Waals surface area contributed by atoms with E-state index in [1.54, 1.807) is 0 Å². The Labute approximate surface area is 176 Å². The van der Waals surface area contributed by atoms with Crippen LogP contribution >= 0.6 is 0 Å². The zero-order valence-electron chi connectivity index (χ0n) is 17.1. The summed E-state index contributed by atoms with van der Waals surface area (Å²) in [5.41, 5.74) is 4.80. The molecule has 0 radical (unpaired) electrons. The van der Waals surface area contributed by atoms with Crippen LogP contribution in [-0.2, 0) is 6.42 Å². The van der Waals surface area contributed by atoms with Gasteiger partial charge in [-0.15, -0.1) is 0 Å². The van der Waals surface area contributed by atoms with Gasteiger partial charge in [-0.2, -0.15) is 0 Å². The normalized spacial score (nSPS) is 18.0. The molecule has 0 aliphatic carbocycles. The quantitative estimate of drug-likeness (QED) is 0.670. The zero-order valence-corrected chi connectivity index (χ0v) is 17.1. The smallest absolute Gasteiger partial charge is 0.262 e. The van der Waals surface area contributed by atoms with Gasteiger partial charge in [-0.3, -0.25) is 9.69 Å². The highest BCUT2D eigenvalue weighted by atomic mass is 16.7. The van der Waals surface area contributed by atoms with Gasteiger partial charge < -0.3 is 14.8 Å². The number of anilines is 2. The Bertz CT molecular complexity index is 1090. The predicted octanol–water partition coefficient (Wildman–Crippen LogP) is 5.00. The minimum Gasteiger partial charge on any atom is -0.454 e. The van der Waals surface area contributed by atoms with Crippen LogP contribution in [0.5, 0.6) is 11.5 Å². The fourth-order valence-electron chi connectivity index (χ4n) is 4.21. The van der Waals surface area contributed by atoms with Crippen LogP contribution in [0.4, 0.5) is 11.4 Å². The van der Waals surface area contributed by atoms with Crippen LogP contribution in [-0.4, -0.2) is 18.9 Å². The number of ether oxygens (including phenoxy) is 2. The molecular formula is C25H24N2O3. The van der Waals surface area contributed by atoms with Crippen molar-refractivity contribution in [3.63, 3.8) is 0 Å². The van der Waals surface area contributed by atoms with E-state index in [9.17, 15) is 4.79 Å². The number of hydrogen-bond acceptors (Lipinski definition) is 4. The summed E-state index contributed by atoms with van der Waals surface area (Å²) in [6, 6.07) is 21.9. The lowest BCUT2D eigenvalue weighted by Crippen LogP contribution is -2.52. The molecule has 0 aromatic heterocycles. The Morgan fingerprint density at radius 2 is 1.80 bits per heavy atom. The van der Waals surface area contributed by atoms with Gasteiger partial charge in [0.25, 0.3) is 5.91 Å². The van der Waals surface area contributed by atoms with Gasteiger partial charge in [-0.1, -0.05) is 42.8 Å². The van der Waals surface area contributed by atoms with Gasteiger partial charge in [-0.25, -0.2) is 0 Å². The van der Waals surface area contributed by atoms with Crippen molar-refractivity contribution >= 4 is 17.3 Å². The van der Waals surface area contributed by atoms with Gasteiger partial charge in [0.1, 0.15) is 6.17 Å². The van der Waals surface area contributed by atoms with E-state index < -0.39 is 0 Å². The van der Waals surface area contributed by atoms with Gasteiger partial charge in [0.2, 0.25) is 6.79 Å². The molecule has 1 amide bonds. The third-order valence-electron chi connectivity index (χ3n) is 5.80. The first kappa shape index (κ1) is 18.6. The van der Waals surface area contributed by atoms with Crippen LogP contribution in [0.1, 0.15) is 28.4 Å². The molecule has 2 heterocycles. The molecule has 3 aromatic rings. The zero-order chi connectivity index (χ0) is 20.7. The van der Waals surface area contributed by atoms with Crippen molar-refractivity contribution in [1.29, 1.82) is 0 Å². The first-order chi connectivity index (χ1) is 14.6. The molecule has 0 unspecified atom stereocenters. The molecule has 5 rings (SSSR count). The van der Waals surface area contributed by atoms with Crippen molar-refractivity contribution in [3.8, 4) is 11.5 Å². The number of carbonyl (C=O) groups is 1. The number of hydrogen-bond donors (Lipinski definition) is 1. The van der Waals surface area contributed by atoms with E-state index in [1.165, 1.54) is 5.56 Å². The third-order valence-corrected chi connectivity index (χ3v) is 5.80. The number of fused-ring (bicyclic) bond motifs is 2. The van der Waals surface area contributed by atoms with Crippen LogP contribution in [0.15, 0.2) is 66.7 Å². The Morgan fingerprint density at radius 1 is 1.03 bits per heavy atom. The maximum Gasteiger partial charge on any atom is 0.262 e. The molecule has 0 bridgehead atoms. The second kappa shape index (κ2) is 7.41. The molecule has 2 atom stereocenters. The van der Waals surface area contributed by atoms with Crippen LogP contribution < -0.4 is 19.7 Å². The molecule has 5 nitrogen and oxygen atoms in total. The monoisotopic (exact) mass is 400 g/mol. The van der Waals surface area contributed by atoms with Crippen molar-refractivity contribution in [3.05, 3.63) is 83.4 Å². The van der Waals surface area contributed by atoms with Gasteiger partial charge >= 0.3 is 0 Å². The number of benzene rings is 3. The summed E-state index contributed by atoms with van der Waals surface area (Å²) in [7, 11) is 0. The molecule has 2 aliphatic heterocycles. The van der Waals surface area contributed by atoms with Gasteiger partial charge in [-0.05, 0) is 61.2 Å².